The Labute approximate surface area is 126 Å². The van der Waals surface area contributed by atoms with E-state index in [1.54, 1.807) is 36.6 Å². The van der Waals surface area contributed by atoms with Crippen LogP contribution in [0.15, 0.2) is 44.4 Å². The van der Waals surface area contributed by atoms with Gasteiger partial charge in [0.25, 0.3) is 0 Å². The van der Waals surface area contributed by atoms with Crippen LogP contribution in [0.5, 0.6) is 0 Å². The Bertz CT molecular complexity index is 666. The molecule has 0 N–H and O–H groups in total. The first-order chi connectivity index (χ1) is 8.91. The van der Waals surface area contributed by atoms with Crippen LogP contribution in [0.3, 0.4) is 0 Å². The molecule has 0 amide bonds. The Morgan fingerprint density at radius 1 is 1.32 bits per heavy atom. The molecule has 1 heterocycles. The van der Waals surface area contributed by atoms with Crippen molar-refractivity contribution in [3.63, 3.8) is 0 Å². The van der Waals surface area contributed by atoms with E-state index in [0.29, 0.717) is 11.4 Å². The van der Waals surface area contributed by atoms with Gasteiger partial charge in [-0.3, -0.25) is 0 Å². The molecule has 3 nitrogen and oxygen atoms in total. The first-order valence-electron chi connectivity index (χ1n) is 5.65. The summed E-state index contributed by atoms with van der Waals surface area (Å²) in [5, 5.41) is 3.90. The SMILES string of the molecule is Cc1cc(S(=O)(=O)N(C)Cc2ccsc2)ccc1Br. The molecular weight excluding hydrogens is 346 g/mol. The van der Waals surface area contributed by atoms with Gasteiger partial charge in [0.2, 0.25) is 10.0 Å². The molecule has 2 aromatic rings. The molecule has 0 atom stereocenters. The lowest BCUT2D eigenvalue weighted by Crippen LogP contribution is -2.26. The predicted octanol–water partition coefficient (Wildman–Crippen LogP) is 3.64. The van der Waals surface area contributed by atoms with Gasteiger partial charge in [-0.15, -0.1) is 0 Å². The van der Waals surface area contributed by atoms with Crippen molar-refractivity contribution in [2.75, 3.05) is 7.05 Å². The maximum Gasteiger partial charge on any atom is 0.243 e. The molecule has 2 rings (SSSR count). The minimum atomic E-state index is -3.44. The number of thiophene rings is 1. The van der Waals surface area contributed by atoms with Crippen molar-refractivity contribution < 1.29 is 8.42 Å². The summed E-state index contributed by atoms with van der Waals surface area (Å²) < 4.78 is 27.2. The summed E-state index contributed by atoms with van der Waals surface area (Å²) in [7, 11) is -1.84. The van der Waals surface area contributed by atoms with Crippen molar-refractivity contribution in [2.24, 2.45) is 0 Å². The predicted molar refractivity (Wildman–Crippen MR) is 81.9 cm³/mol. The van der Waals surface area contributed by atoms with Crippen molar-refractivity contribution in [3.05, 3.63) is 50.6 Å². The van der Waals surface area contributed by atoms with E-state index in [4.69, 9.17) is 0 Å². The van der Waals surface area contributed by atoms with Gasteiger partial charge in [-0.05, 0) is 53.1 Å². The number of nitrogens with zero attached hydrogens (tertiary/aromatic N) is 1. The standard InChI is InChI=1S/C13H14BrNO2S2/c1-10-7-12(3-4-13(10)14)19(16,17)15(2)8-11-5-6-18-9-11/h3-7,9H,8H2,1-2H3. The zero-order chi connectivity index (χ0) is 14.0. The van der Waals surface area contributed by atoms with Crippen molar-refractivity contribution >= 4 is 37.3 Å². The molecule has 0 aliphatic rings. The Balaban J connectivity index is 2.28. The lowest BCUT2D eigenvalue weighted by molar-refractivity contribution is 0.467. The van der Waals surface area contributed by atoms with E-state index in [-0.39, 0.29) is 0 Å². The number of hydrogen-bond acceptors (Lipinski definition) is 3. The fraction of sp³-hybridized carbons (Fsp3) is 0.231. The van der Waals surface area contributed by atoms with Crippen LogP contribution in [0.4, 0.5) is 0 Å². The molecule has 0 aliphatic carbocycles. The molecule has 0 radical (unpaired) electrons. The molecular formula is C13H14BrNO2S2. The van der Waals surface area contributed by atoms with Crippen molar-refractivity contribution in [1.82, 2.24) is 4.31 Å². The second-order valence-corrected chi connectivity index (χ2v) is 7.98. The highest BCUT2D eigenvalue weighted by Crippen LogP contribution is 2.23. The third-order valence-electron chi connectivity index (χ3n) is 2.82. The lowest BCUT2D eigenvalue weighted by Gasteiger charge is -2.17. The zero-order valence-electron chi connectivity index (χ0n) is 10.6. The van der Waals surface area contributed by atoms with Crippen LogP contribution in [0.2, 0.25) is 0 Å². The molecule has 19 heavy (non-hydrogen) atoms. The number of benzene rings is 1. The maximum atomic E-state index is 12.4. The second-order valence-electron chi connectivity index (χ2n) is 4.30. The van der Waals surface area contributed by atoms with E-state index in [1.165, 1.54) is 4.31 Å². The van der Waals surface area contributed by atoms with Gasteiger partial charge in [0.15, 0.2) is 0 Å². The number of halogens is 1. The van der Waals surface area contributed by atoms with Crippen LogP contribution in [-0.2, 0) is 16.6 Å². The summed E-state index contributed by atoms with van der Waals surface area (Å²) in [5.74, 6) is 0. The first-order valence-corrected chi connectivity index (χ1v) is 8.82. The molecule has 102 valence electrons. The monoisotopic (exact) mass is 359 g/mol. The van der Waals surface area contributed by atoms with Gasteiger partial charge < -0.3 is 0 Å². The van der Waals surface area contributed by atoms with E-state index in [2.05, 4.69) is 15.9 Å². The minimum Gasteiger partial charge on any atom is -0.207 e. The first kappa shape index (κ1) is 14.7. The highest BCUT2D eigenvalue weighted by molar-refractivity contribution is 9.10. The summed E-state index contributed by atoms with van der Waals surface area (Å²) in [5.41, 5.74) is 1.91. The number of aryl methyl sites for hydroxylation is 1. The number of sulfonamides is 1. The Kier molecular flexibility index (Phi) is 4.45. The van der Waals surface area contributed by atoms with Gasteiger partial charge in [0.1, 0.15) is 0 Å². The summed E-state index contributed by atoms with van der Waals surface area (Å²) in [4.78, 5) is 0.325. The van der Waals surface area contributed by atoms with E-state index in [0.717, 1.165) is 15.6 Å². The normalized spacial score (nSPS) is 12.0. The van der Waals surface area contributed by atoms with E-state index >= 15 is 0 Å². The average Bonchev–Trinajstić information content (AvgIpc) is 2.85. The molecule has 1 aromatic heterocycles. The number of hydrogen-bond donors (Lipinski definition) is 0. The van der Waals surface area contributed by atoms with E-state index in [1.807, 2.05) is 23.8 Å². The zero-order valence-corrected chi connectivity index (χ0v) is 13.8. The largest absolute Gasteiger partial charge is 0.243 e. The van der Waals surface area contributed by atoms with Crippen LogP contribution in [0.25, 0.3) is 0 Å². The van der Waals surface area contributed by atoms with Gasteiger partial charge in [0, 0.05) is 18.1 Å². The molecule has 0 bridgehead atoms. The van der Waals surface area contributed by atoms with Crippen LogP contribution in [-0.4, -0.2) is 19.8 Å². The Morgan fingerprint density at radius 2 is 2.05 bits per heavy atom. The summed E-state index contributed by atoms with van der Waals surface area (Å²) in [6.07, 6.45) is 0. The van der Waals surface area contributed by atoms with Crippen molar-refractivity contribution in [3.8, 4) is 0 Å². The smallest absolute Gasteiger partial charge is 0.207 e. The topological polar surface area (TPSA) is 37.4 Å². The summed E-state index contributed by atoms with van der Waals surface area (Å²) >= 11 is 4.94. The van der Waals surface area contributed by atoms with E-state index < -0.39 is 10.0 Å². The molecule has 0 saturated carbocycles. The third-order valence-corrected chi connectivity index (χ3v) is 6.24. The fourth-order valence-corrected chi connectivity index (χ4v) is 3.83. The van der Waals surface area contributed by atoms with Gasteiger partial charge in [-0.25, -0.2) is 8.42 Å². The van der Waals surface area contributed by atoms with Crippen molar-refractivity contribution in [1.29, 1.82) is 0 Å². The third kappa shape index (κ3) is 3.25. The maximum absolute atomic E-state index is 12.4. The second kappa shape index (κ2) is 5.75. The molecule has 0 spiro atoms. The summed E-state index contributed by atoms with van der Waals surface area (Å²) in [6.45, 7) is 2.27. The summed E-state index contributed by atoms with van der Waals surface area (Å²) in [6, 6.07) is 7.00. The molecule has 6 heteroatoms. The van der Waals surface area contributed by atoms with Gasteiger partial charge >= 0.3 is 0 Å². The van der Waals surface area contributed by atoms with Crippen LogP contribution >= 0.6 is 27.3 Å². The lowest BCUT2D eigenvalue weighted by atomic mass is 10.2. The van der Waals surface area contributed by atoms with E-state index in [9.17, 15) is 8.42 Å². The Hall–Kier alpha value is -0.690. The quantitative estimate of drug-likeness (QED) is 0.835. The van der Waals surface area contributed by atoms with Crippen LogP contribution < -0.4 is 0 Å². The molecule has 0 unspecified atom stereocenters. The number of rotatable bonds is 4. The minimum absolute atomic E-state index is 0.325. The Morgan fingerprint density at radius 3 is 2.63 bits per heavy atom. The van der Waals surface area contributed by atoms with Crippen LogP contribution in [0, 0.1) is 6.92 Å². The highest BCUT2D eigenvalue weighted by atomic mass is 79.9. The van der Waals surface area contributed by atoms with Gasteiger partial charge in [-0.2, -0.15) is 15.6 Å². The highest BCUT2D eigenvalue weighted by Gasteiger charge is 2.21. The van der Waals surface area contributed by atoms with Gasteiger partial charge in [-0.1, -0.05) is 15.9 Å². The molecule has 0 aliphatic heterocycles. The fourth-order valence-electron chi connectivity index (χ4n) is 1.68. The molecule has 0 saturated heterocycles. The van der Waals surface area contributed by atoms with Crippen molar-refractivity contribution in [2.45, 2.75) is 18.4 Å². The molecule has 1 aromatic carbocycles. The van der Waals surface area contributed by atoms with Gasteiger partial charge in [0.05, 0.1) is 4.90 Å². The van der Waals surface area contributed by atoms with Crippen LogP contribution in [0.1, 0.15) is 11.1 Å². The molecule has 0 fully saturated rings. The average molecular weight is 360 g/mol.